The Morgan fingerprint density at radius 1 is 1.29 bits per heavy atom. The van der Waals surface area contributed by atoms with Crippen molar-refractivity contribution in [3.8, 4) is 5.75 Å². The van der Waals surface area contributed by atoms with Crippen LogP contribution < -0.4 is 5.32 Å². The summed E-state index contributed by atoms with van der Waals surface area (Å²) in [5.74, 6) is -1.70. The fraction of sp³-hybridized carbons (Fsp3) is 0. The van der Waals surface area contributed by atoms with Gasteiger partial charge in [-0.3, -0.25) is 14.9 Å². The van der Waals surface area contributed by atoms with Crippen molar-refractivity contribution >= 4 is 33.2 Å². The molecule has 6 nitrogen and oxygen atoms in total. The van der Waals surface area contributed by atoms with E-state index in [-0.39, 0.29) is 16.9 Å². The molecule has 0 bridgehead atoms. The molecule has 2 aromatic rings. The molecule has 0 unspecified atom stereocenters. The molecule has 0 spiro atoms. The van der Waals surface area contributed by atoms with E-state index < -0.39 is 22.4 Å². The maximum atomic E-state index is 13.2. The first-order valence-electron chi connectivity index (χ1n) is 5.61. The van der Waals surface area contributed by atoms with Crippen molar-refractivity contribution in [2.45, 2.75) is 0 Å². The molecule has 0 aliphatic rings. The molecule has 2 aromatic carbocycles. The number of nitrogens with one attached hydrogen (secondary N) is 1. The molecule has 0 aliphatic carbocycles. The third-order valence-electron chi connectivity index (χ3n) is 2.57. The number of non-ortho nitro benzene ring substituents is 1. The van der Waals surface area contributed by atoms with Crippen LogP contribution in [0.5, 0.6) is 5.75 Å². The van der Waals surface area contributed by atoms with E-state index in [1.807, 2.05) is 0 Å². The average molecular weight is 355 g/mol. The minimum absolute atomic E-state index is 0.00835. The zero-order chi connectivity index (χ0) is 15.6. The molecule has 0 saturated carbocycles. The van der Waals surface area contributed by atoms with E-state index in [4.69, 9.17) is 0 Å². The summed E-state index contributed by atoms with van der Waals surface area (Å²) in [7, 11) is 0. The zero-order valence-corrected chi connectivity index (χ0v) is 11.9. The van der Waals surface area contributed by atoms with Gasteiger partial charge in [-0.2, -0.15) is 0 Å². The Morgan fingerprint density at radius 3 is 2.57 bits per heavy atom. The standard InChI is InChI=1S/C13H8BrFN2O4/c14-8-3-7(4-9(15)5-8)13(19)16-11-2-1-10(17(20)21)6-12(11)18/h1-6,18H,(H,16,19). The number of nitro groups is 1. The molecular formula is C13H8BrFN2O4. The highest BCUT2D eigenvalue weighted by molar-refractivity contribution is 9.10. The first kappa shape index (κ1) is 14.9. The highest BCUT2D eigenvalue weighted by Gasteiger charge is 2.14. The summed E-state index contributed by atoms with van der Waals surface area (Å²) in [6.45, 7) is 0. The van der Waals surface area contributed by atoms with Crippen LogP contribution in [0.3, 0.4) is 0 Å². The number of phenols is 1. The number of phenolic OH excluding ortho intramolecular Hbond substituents is 1. The number of benzene rings is 2. The summed E-state index contributed by atoms with van der Waals surface area (Å²) in [4.78, 5) is 21.8. The van der Waals surface area contributed by atoms with Crippen molar-refractivity contribution in [2.24, 2.45) is 0 Å². The summed E-state index contributed by atoms with van der Waals surface area (Å²) >= 11 is 3.06. The van der Waals surface area contributed by atoms with Crippen LogP contribution >= 0.6 is 15.9 Å². The maximum Gasteiger partial charge on any atom is 0.273 e. The largest absolute Gasteiger partial charge is 0.506 e. The molecule has 0 radical (unpaired) electrons. The first-order valence-corrected chi connectivity index (χ1v) is 6.41. The highest BCUT2D eigenvalue weighted by atomic mass is 79.9. The summed E-state index contributed by atoms with van der Waals surface area (Å²) in [5, 5.41) is 22.5. The third kappa shape index (κ3) is 3.54. The van der Waals surface area contributed by atoms with Gasteiger partial charge in [0.2, 0.25) is 0 Å². The Kier molecular flexibility index (Phi) is 4.18. The number of carbonyl (C=O) groups excluding carboxylic acids is 1. The number of halogens is 2. The van der Waals surface area contributed by atoms with Crippen LogP contribution in [0, 0.1) is 15.9 Å². The van der Waals surface area contributed by atoms with Crippen molar-refractivity contribution in [2.75, 3.05) is 5.32 Å². The number of nitrogens with zero attached hydrogens (tertiary/aromatic N) is 1. The predicted octanol–water partition coefficient (Wildman–Crippen LogP) is 3.45. The van der Waals surface area contributed by atoms with Crippen LogP contribution in [0.2, 0.25) is 0 Å². The molecular weight excluding hydrogens is 347 g/mol. The van der Waals surface area contributed by atoms with Gasteiger partial charge in [0.15, 0.2) is 0 Å². The SMILES string of the molecule is O=C(Nc1ccc([N+](=O)[O-])cc1O)c1cc(F)cc(Br)c1. The van der Waals surface area contributed by atoms with E-state index in [0.717, 1.165) is 18.2 Å². The number of carbonyl (C=O) groups is 1. The lowest BCUT2D eigenvalue weighted by atomic mass is 10.2. The van der Waals surface area contributed by atoms with Gasteiger partial charge in [-0.05, 0) is 24.3 Å². The van der Waals surface area contributed by atoms with Gasteiger partial charge in [0, 0.05) is 16.1 Å². The second-order valence-corrected chi connectivity index (χ2v) is 4.99. The minimum Gasteiger partial charge on any atom is -0.506 e. The van der Waals surface area contributed by atoms with E-state index in [1.165, 1.54) is 18.2 Å². The van der Waals surface area contributed by atoms with Crippen molar-refractivity contribution in [1.82, 2.24) is 0 Å². The van der Waals surface area contributed by atoms with E-state index in [0.29, 0.717) is 4.47 Å². The zero-order valence-electron chi connectivity index (χ0n) is 10.3. The molecule has 0 atom stereocenters. The van der Waals surface area contributed by atoms with Crippen molar-refractivity contribution in [1.29, 1.82) is 0 Å². The number of anilines is 1. The number of aromatic hydroxyl groups is 1. The van der Waals surface area contributed by atoms with Crippen molar-refractivity contribution in [3.05, 3.63) is 62.4 Å². The number of rotatable bonds is 3. The fourth-order valence-electron chi connectivity index (χ4n) is 1.62. The summed E-state index contributed by atoms with van der Waals surface area (Å²) < 4.78 is 13.6. The van der Waals surface area contributed by atoms with E-state index in [1.54, 1.807) is 0 Å². The summed E-state index contributed by atoms with van der Waals surface area (Å²) in [5.41, 5.74) is -0.274. The normalized spacial score (nSPS) is 10.2. The summed E-state index contributed by atoms with van der Waals surface area (Å²) in [6.07, 6.45) is 0. The Balaban J connectivity index is 2.25. The predicted molar refractivity (Wildman–Crippen MR) is 76.8 cm³/mol. The molecule has 8 heteroatoms. The molecule has 0 heterocycles. The Hall–Kier alpha value is -2.48. The molecule has 1 amide bonds. The van der Waals surface area contributed by atoms with Gasteiger partial charge >= 0.3 is 0 Å². The van der Waals surface area contributed by atoms with Gasteiger partial charge in [-0.25, -0.2) is 4.39 Å². The first-order chi connectivity index (χ1) is 9.86. The van der Waals surface area contributed by atoms with Crippen LogP contribution in [0.15, 0.2) is 40.9 Å². The van der Waals surface area contributed by atoms with Gasteiger partial charge in [0.25, 0.3) is 11.6 Å². The van der Waals surface area contributed by atoms with Gasteiger partial charge < -0.3 is 10.4 Å². The second-order valence-electron chi connectivity index (χ2n) is 4.07. The van der Waals surface area contributed by atoms with E-state index >= 15 is 0 Å². The van der Waals surface area contributed by atoms with Gasteiger partial charge in [-0.15, -0.1) is 0 Å². The topological polar surface area (TPSA) is 92.5 Å². The lowest BCUT2D eigenvalue weighted by Crippen LogP contribution is -2.12. The molecule has 2 N–H and O–H groups in total. The van der Waals surface area contributed by atoms with Crippen LogP contribution in [-0.2, 0) is 0 Å². The van der Waals surface area contributed by atoms with Gasteiger partial charge in [0.05, 0.1) is 16.7 Å². The van der Waals surface area contributed by atoms with E-state index in [9.17, 15) is 24.4 Å². The Labute approximate surface area is 126 Å². The molecule has 2 rings (SSSR count). The van der Waals surface area contributed by atoms with Crippen molar-refractivity contribution < 1.29 is 19.2 Å². The van der Waals surface area contributed by atoms with Crippen LogP contribution in [-0.4, -0.2) is 15.9 Å². The van der Waals surface area contributed by atoms with Crippen LogP contribution in [0.4, 0.5) is 15.8 Å². The lowest BCUT2D eigenvalue weighted by Gasteiger charge is -2.07. The van der Waals surface area contributed by atoms with E-state index in [2.05, 4.69) is 21.2 Å². The third-order valence-corrected chi connectivity index (χ3v) is 3.02. The average Bonchev–Trinajstić information content (AvgIpc) is 2.39. The number of nitro benzene ring substituents is 1. The minimum atomic E-state index is -0.672. The Morgan fingerprint density at radius 2 is 2.00 bits per heavy atom. The lowest BCUT2D eigenvalue weighted by molar-refractivity contribution is -0.384. The number of hydrogen-bond acceptors (Lipinski definition) is 4. The molecule has 0 aliphatic heterocycles. The van der Waals surface area contributed by atoms with Crippen LogP contribution in [0.1, 0.15) is 10.4 Å². The maximum absolute atomic E-state index is 13.2. The van der Waals surface area contributed by atoms with Gasteiger partial charge in [0.1, 0.15) is 11.6 Å². The van der Waals surface area contributed by atoms with Crippen LogP contribution in [0.25, 0.3) is 0 Å². The highest BCUT2D eigenvalue weighted by Crippen LogP contribution is 2.28. The number of amides is 1. The monoisotopic (exact) mass is 354 g/mol. The molecule has 0 fully saturated rings. The quantitative estimate of drug-likeness (QED) is 0.501. The Bertz CT molecular complexity index is 716. The molecule has 0 aromatic heterocycles. The second kappa shape index (κ2) is 5.88. The van der Waals surface area contributed by atoms with Crippen molar-refractivity contribution in [3.63, 3.8) is 0 Å². The fourth-order valence-corrected chi connectivity index (χ4v) is 2.08. The molecule has 0 saturated heterocycles. The smallest absolute Gasteiger partial charge is 0.273 e. The summed E-state index contributed by atoms with van der Waals surface area (Å²) in [6, 6.07) is 6.87. The number of hydrogen-bond donors (Lipinski definition) is 2. The molecule has 21 heavy (non-hydrogen) atoms. The van der Waals surface area contributed by atoms with Gasteiger partial charge in [-0.1, -0.05) is 15.9 Å². The molecule has 108 valence electrons.